The van der Waals surface area contributed by atoms with Gasteiger partial charge in [-0.1, -0.05) is 18.2 Å². The van der Waals surface area contributed by atoms with Crippen LogP contribution < -0.4 is 15.5 Å². The number of rotatable bonds is 6. The molecule has 0 aliphatic carbocycles. The molecule has 2 N–H and O–H groups in total. The Labute approximate surface area is 223 Å². The molecular weight excluding hydrogens is 506 g/mol. The number of ether oxygens (including phenoxy) is 1. The number of hydrogen-bond donors (Lipinski definition) is 2. The molecule has 0 saturated carbocycles. The number of aryl methyl sites for hydroxylation is 1. The Morgan fingerprint density at radius 1 is 1.11 bits per heavy atom. The molecule has 2 heterocycles. The van der Waals surface area contributed by atoms with Crippen LogP contribution in [0.25, 0.3) is 11.1 Å². The predicted octanol–water partition coefficient (Wildman–Crippen LogP) is 4.60. The minimum absolute atomic E-state index is 0.0805. The van der Waals surface area contributed by atoms with Crippen molar-refractivity contribution >= 4 is 51.4 Å². The van der Waals surface area contributed by atoms with Gasteiger partial charge in [0.25, 0.3) is 11.6 Å². The number of carbonyl (C=O) groups excluding carboxylic acids is 1. The lowest BCUT2D eigenvalue weighted by atomic mass is 10.1. The Bertz CT molecular complexity index is 1510. The van der Waals surface area contributed by atoms with Crippen LogP contribution in [0.15, 0.2) is 65.1 Å². The third kappa shape index (κ3) is 5.79. The minimum Gasteiger partial charge on any atom is -0.440 e. The summed E-state index contributed by atoms with van der Waals surface area (Å²) in [4.78, 5) is 30.4. The van der Waals surface area contributed by atoms with Crippen LogP contribution in [-0.4, -0.2) is 47.2 Å². The molecule has 194 valence electrons. The highest BCUT2D eigenvalue weighted by Gasteiger charge is 2.23. The van der Waals surface area contributed by atoms with Crippen LogP contribution in [0.1, 0.15) is 27.4 Å². The number of benzene rings is 3. The summed E-state index contributed by atoms with van der Waals surface area (Å²) in [5, 5.41) is 17.3. The number of amides is 1. The number of morpholine rings is 1. The van der Waals surface area contributed by atoms with E-state index in [9.17, 15) is 14.9 Å². The number of carbonyl (C=O) groups is 1. The maximum absolute atomic E-state index is 12.7. The van der Waals surface area contributed by atoms with Gasteiger partial charge in [0.05, 0.1) is 18.1 Å². The lowest BCUT2D eigenvalue weighted by molar-refractivity contribution is -0.384. The summed E-state index contributed by atoms with van der Waals surface area (Å²) in [6.45, 7) is 4.10. The van der Waals surface area contributed by atoms with Gasteiger partial charge < -0.3 is 19.4 Å². The van der Waals surface area contributed by atoms with Crippen molar-refractivity contribution in [3.63, 3.8) is 0 Å². The monoisotopic (exact) mass is 531 g/mol. The summed E-state index contributed by atoms with van der Waals surface area (Å²) in [7, 11) is 0. The molecule has 5 rings (SSSR count). The number of thiocarbonyl (C=S) groups is 1. The highest BCUT2D eigenvalue weighted by Crippen LogP contribution is 2.30. The quantitative estimate of drug-likeness (QED) is 0.209. The summed E-state index contributed by atoms with van der Waals surface area (Å²) in [5.41, 5.74) is 4.86. The first-order chi connectivity index (χ1) is 18.4. The van der Waals surface area contributed by atoms with Gasteiger partial charge in [-0.25, -0.2) is 4.98 Å². The normalized spacial score (nSPS) is 13.3. The van der Waals surface area contributed by atoms with E-state index in [2.05, 4.69) is 15.6 Å². The molecule has 1 aromatic heterocycles. The number of fused-ring (bicyclic) bond motifs is 1. The summed E-state index contributed by atoms with van der Waals surface area (Å²) >= 11 is 5.29. The number of nitrogens with one attached hydrogen (secondary N) is 2. The first-order valence-corrected chi connectivity index (χ1v) is 12.4. The van der Waals surface area contributed by atoms with E-state index >= 15 is 0 Å². The van der Waals surface area contributed by atoms with Gasteiger partial charge in [-0.15, -0.1) is 0 Å². The van der Waals surface area contributed by atoms with Gasteiger partial charge in [-0.05, 0) is 66.7 Å². The smallest absolute Gasteiger partial charge is 0.293 e. The van der Waals surface area contributed by atoms with E-state index in [4.69, 9.17) is 21.4 Å². The van der Waals surface area contributed by atoms with Crippen molar-refractivity contribution < 1.29 is 18.9 Å². The fraction of sp³-hybridized carbons (Fsp3) is 0.222. The SMILES string of the molecule is Cc1ccc2oc(Cc3ccc(NC(=S)NC(=O)c4ccc(N5CCOCC5)c([N+](=O)[O-])c4)cc3)nc2c1. The van der Waals surface area contributed by atoms with Gasteiger partial charge in [-0.3, -0.25) is 20.2 Å². The van der Waals surface area contributed by atoms with Crippen LogP contribution in [0.4, 0.5) is 17.1 Å². The largest absolute Gasteiger partial charge is 0.440 e. The van der Waals surface area contributed by atoms with Crippen molar-refractivity contribution in [2.24, 2.45) is 0 Å². The van der Waals surface area contributed by atoms with Crippen LogP contribution in [0.2, 0.25) is 0 Å². The van der Waals surface area contributed by atoms with E-state index in [1.165, 1.54) is 6.07 Å². The fourth-order valence-electron chi connectivity index (χ4n) is 4.26. The molecule has 1 fully saturated rings. The van der Waals surface area contributed by atoms with Crippen molar-refractivity contribution in [2.45, 2.75) is 13.3 Å². The van der Waals surface area contributed by atoms with Crippen LogP contribution in [0, 0.1) is 17.0 Å². The predicted molar refractivity (Wildman–Crippen MR) is 148 cm³/mol. The van der Waals surface area contributed by atoms with Gasteiger partial charge in [0, 0.05) is 36.8 Å². The summed E-state index contributed by atoms with van der Waals surface area (Å²) in [6.07, 6.45) is 0.536. The average Bonchev–Trinajstić information content (AvgIpc) is 3.31. The molecule has 1 saturated heterocycles. The molecule has 0 bridgehead atoms. The molecule has 4 aromatic rings. The molecule has 0 spiro atoms. The van der Waals surface area contributed by atoms with Gasteiger partial charge in [0.1, 0.15) is 11.2 Å². The van der Waals surface area contributed by atoms with Crippen molar-refractivity contribution in [2.75, 3.05) is 36.5 Å². The van der Waals surface area contributed by atoms with Gasteiger partial charge in [0.15, 0.2) is 16.6 Å². The van der Waals surface area contributed by atoms with Crippen molar-refractivity contribution in [1.82, 2.24) is 10.3 Å². The summed E-state index contributed by atoms with van der Waals surface area (Å²) in [5.74, 6) is 0.0877. The third-order valence-corrected chi connectivity index (χ3v) is 6.37. The molecule has 0 radical (unpaired) electrons. The topological polar surface area (TPSA) is 123 Å². The van der Waals surface area contributed by atoms with Crippen LogP contribution in [-0.2, 0) is 11.2 Å². The summed E-state index contributed by atoms with van der Waals surface area (Å²) < 4.78 is 11.1. The highest BCUT2D eigenvalue weighted by molar-refractivity contribution is 7.80. The van der Waals surface area contributed by atoms with E-state index in [-0.39, 0.29) is 16.4 Å². The maximum Gasteiger partial charge on any atom is 0.293 e. The number of oxazole rings is 1. The molecular formula is C27H25N5O5S. The summed E-state index contributed by atoms with van der Waals surface area (Å²) in [6, 6.07) is 17.8. The number of nitro groups is 1. The second kappa shape index (κ2) is 11.0. The number of aromatic nitrogens is 1. The van der Waals surface area contributed by atoms with Gasteiger partial charge >= 0.3 is 0 Å². The van der Waals surface area contributed by atoms with E-state index in [1.807, 2.05) is 54.3 Å². The number of nitro benzene ring substituents is 1. The van der Waals surface area contributed by atoms with E-state index in [0.717, 1.165) is 22.2 Å². The number of hydrogen-bond acceptors (Lipinski definition) is 8. The van der Waals surface area contributed by atoms with E-state index in [1.54, 1.807) is 12.1 Å². The second-order valence-electron chi connectivity index (χ2n) is 8.92. The van der Waals surface area contributed by atoms with Crippen molar-refractivity contribution in [3.05, 3.63) is 93.4 Å². The zero-order chi connectivity index (χ0) is 26.6. The Hall–Kier alpha value is -4.35. The first-order valence-electron chi connectivity index (χ1n) is 12.0. The van der Waals surface area contributed by atoms with Crippen LogP contribution in [0.3, 0.4) is 0 Å². The van der Waals surface area contributed by atoms with Gasteiger partial charge in [0.2, 0.25) is 0 Å². The zero-order valence-electron chi connectivity index (χ0n) is 20.6. The third-order valence-electron chi connectivity index (χ3n) is 6.17. The van der Waals surface area contributed by atoms with Crippen molar-refractivity contribution in [1.29, 1.82) is 0 Å². The lowest BCUT2D eigenvalue weighted by Gasteiger charge is -2.28. The van der Waals surface area contributed by atoms with Crippen LogP contribution in [0.5, 0.6) is 0 Å². The standard InChI is InChI=1S/C27H25N5O5S/c1-17-2-9-24-21(14-17)29-25(37-24)15-18-3-6-20(7-4-18)28-27(38)30-26(33)19-5-8-22(23(16-19)32(34)35)31-10-12-36-13-11-31/h2-9,14,16H,10-13,15H2,1H3,(H2,28,30,33,38). The Balaban J connectivity index is 1.20. The molecule has 11 heteroatoms. The average molecular weight is 532 g/mol. The van der Waals surface area contributed by atoms with Crippen LogP contribution >= 0.6 is 12.2 Å². The molecule has 1 aliphatic heterocycles. The Morgan fingerprint density at radius 3 is 2.61 bits per heavy atom. The fourth-order valence-corrected chi connectivity index (χ4v) is 4.47. The van der Waals surface area contributed by atoms with E-state index < -0.39 is 10.8 Å². The molecule has 1 amide bonds. The second-order valence-corrected chi connectivity index (χ2v) is 9.33. The maximum atomic E-state index is 12.7. The first kappa shape index (κ1) is 25.3. The molecule has 0 atom stereocenters. The lowest BCUT2D eigenvalue weighted by Crippen LogP contribution is -2.37. The minimum atomic E-state index is -0.540. The highest BCUT2D eigenvalue weighted by atomic mass is 32.1. The number of anilines is 2. The van der Waals surface area contributed by atoms with Crippen molar-refractivity contribution in [3.8, 4) is 0 Å². The molecule has 10 nitrogen and oxygen atoms in total. The molecule has 38 heavy (non-hydrogen) atoms. The molecule has 0 unspecified atom stereocenters. The zero-order valence-corrected chi connectivity index (χ0v) is 21.4. The van der Waals surface area contributed by atoms with Gasteiger partial charge in [-0.2, -0.15) is 0 Å². The van der Waals surface area contributed by atoms with E-state index in [0.29, 0.717) is 50.0 Å². The molecule has 1 aliphatic rings. The number of nitrogens with zero attached hydrogens (tertiary/aromatic N) is 3. The Morgan fingerprint density at radius 2 is 1.87 bits per heavy atom. The Kier molecular flexibility index (Phi) is 7.29. The molecule has 3 aromatic carbocycles.